The van der Waals surface area contributed by atoms with Crippen LogP contribution in [0.2, 0.25) is 0 Å². The summed E-state index contributed by atoms with van der Waals surface area (Å²) in [5, 5.41) is -1.47. The maximum atomic E-state index is 14.4. The van der Waals surface area contributed by atoms with Crippen LogP contribution in [0.25, 0.3) is 21.5 Å². The van der Waals surface area contributed by atoms with Crippen LogP contribution >= 0.6 is 7.92 Å². The number of alkyl halides is 12. The van der Waals surface area contributed by atoms with Gasteiger partial charge in [0.05, 0.1) is 22.3 Å². The minimum absolute atomic E-state index is 0.0726. The molecule has 0 aromatic heterocycles. The minimum Gasteiger partial charge on any atom is -0.166 e. The van der Waals surface area contributed by atoms with Crippen molar-refractivity contribution in [1.82, 2.24) is 0 Å². The van der Waals surface area contributed by atoms with Gasteiger partial charge in [0, 0.05) is 0 Å². The van der Waals surface area contributed by atoms with Crippen molar-refractivity contribution in [2.45, 2.75) is 24.7 Å². The highest BCUT2D eigenvalue weighted by molar-refractivity contribution is 7.80. The summed E-state index contributed by atoms with van der Waals surface area (Å²) in [6.07, 6.45) is -21.2. The third kappa shape index (κ3) is 5.89. The first kappa shape index (κ1) is 30.7. The van der Waals surface area contributed by atoms with Gasteiger partial charge in [-0.3, -0.25) is 0 Å². The third-order valence-electron chi connectivity index (χ3n) is 6.73. The van der Waals surface area contributed by atoms with Gasteiger partial charge in [0.2, 0.25) is 0 Å². The predicted octanol–water partition coefficient (Wildman–Crippen LogP) is 9.83. The van der Waals surface area contributed by atoms with Crippen LogP contribution in [0.4, 0.5) is 52.7 Å². The maximum absolute atomic E-state index is 14.4. The van der Waals surface area contributed by atoms with Crippen LogP contribution in [0.15, 0.2) is 91.0 Å². The van der Waals surface area contributed by atoms with Gasteiger partial charge in [-0.25, -0.2) is 0 Å². The Morgan fingerprint density at radius 1 is 0.372 bits per heavy atom. The van der Waals surface area contributed by atoms with Gasteiger partial charge in [0.1, 0.15) is 0 Å². The van der Waals surface area contributed by atoms with E-state index >= 15 is 0 Å². The number of hydrogen-bond acceptors (Lipinski definition) is 0. The van der Waals surface area contributed by atoms with E-state index in [1.807, 2.05) is 0 Å². The van der Waals surface area contributed by atoms with Crippen LogP contribution in [0, 0.1) is 0 Å². The molecule has 43 heavy (non-hydrogen) atoms. The molecule has 0 amide bonds. The Labute approximate surface area is 236 Å². The zero-order valence-electron chi connectivity index (χ0n) is 21.1. The molecule has 0 saturated heterocycles. The molecule has 0 heterocycles. The second-order valence-corrected chi connectivity index (χ2v) is 11.6. The molecule has 0 aliphatic heterocycles. The SMILES string of the molecule is FC(F)(F)c1ccc(C(F)(F)F)c(P(c2cc(C(F)(F)F)ccc2C(F)(F)F)c2cc3ccccc3c3ccccc23)c1. The summed E-state index contributed by atoms with van der Waals surface area (Å²) in [5.41, 5.74) is -6.61. The number of benzene rings is 5. The molecule has 0 aliphatic rings. The third-order valence-corrected chi connectivity index (χ3v) is 9.29. The summed E-state index contributed by atoms with van der Waals surface area (Å²) in [6, 6.07) is 13.9. The quantitative estimate of drug-likeness (QED) is 0.105. The first-order chi connectivity index (χ1) is 19.9. The van der Waals surface area contributed by atoms with Crippen LogP contribution in [-0.4, -0.2) is 0 Å². The Morgan fingerprint density at radius 2 is 0.791 bits per heavy atom. The van der Waals surface area contributed by atoms with Crippen LogP contribution in [-0.2, 0) is 24.7 Å². The summed E-state index contributed by atoms with van der Waals surface area (Å²) >= 11 is 0. The molecule has 0 bridgehead atoms. The van der Waals surface area contributed by atoms with Gasteiger partial charge < -0.3 is 0 Å². The Morgan fingerprint density at radius 3 is 1.23 bits per heavy atom. The van der Waals surface area contributed by atoms with Crippen molar-refractivity contribution in [3.63, 3.8) is 0 Å². The molecule has 0 unspecified atom stereocenters. The first-order valence-electron chi connectivity index (χ1n) is 12.1. The number of fused-ring (bicyclic) bond motifs is 3. The Kier molecular flexibility index (Phi) is 7.44. The molecule has 5 rings (SSSR count). The van der Waals surface area contributed by atoms with E-state index < -0.39 is 65.5 Å². The van der Waals surface area contributed by atoms with E-state index in [0.29, 0.717) is 16.2 Å². The second-order valence-electron chi connectivity index (χ2n) is 9.45. The van der Waals surface area contributed by atoms with Crippen molar-refractivity contribution in [2.24, 2.45) is 0 Å². The highest BCUT2D eigenvalue weighted by atomic mass is 31.1. The first-order valence-corrected chi connectivity index (χ1v) is 13.5. The molecule has 224 valence electrons. The number of hydrogen-bond donors (Lipinski definition) is 0. The number of halogens is 12. The molecular weight excluding hydrogens is 619 g/mol. The van der Waals surface area contributed by atoms with Crippen molar-refractivity contribution < 1.29 is 52.7 Å². The van der Waals surface area contributed by atoms with Crippen molar-refractivity contribution in [3.8, 4) is 0 Å². The molecule has 0 atom stereocenters. The van der Waals surface area contributed by atoms with Crippen LogP contribution in [0.1, 0.15) is 22.3 Å². The monoisotopic (exact) mass is 634 g/mol. The predicted molar refractivity (Wildman–Crippen MR) is 140 cm³/mol. The summed E-state index contributed by atoms with van der Waals surface area (Å²) in [4.78, 5) is 0. The molecule has 0 spiro atoms. The molecule has 13 heteroatoms. The van der Waals surface area contributed by atoms with Crippen LogP contribution < -0.4 is 15.9 Å². The van der Waals surface area contributed by atoms with Crippen molar-refractivity contribution in [2.75, 3.05) is 0 Å². The average molecular weight is 634 g/mol. The van der Waals surface area contributed by atoms with E-state index in [1.54, 1.807) is 12.1 Å². The maximum Gasteiger partial charge on any atom is 0.417 e. The topological polar surface area (TPSA) is 0 Å². The smallest absolute Gasteiger partial charge is 0.166 e. The minimum atomic E-state index is -5.37. The lowest BCUT2D eigenvalue weighted by Crippen LogP contribution is -2.32. The summed E-state index contributed by atoms with van der Waals surface area (Å²) in [6.45, 7) is 0. The fraction of sp³-hybridized carbons (Fsp3) is 0.133. The van der Waals surface area contributed by atoms with Crippen molar-refractivity contribution in [3.05, 3.63) is 113 Å². The Hall–Kier alpha value is -3.79. The second kappa shape index (κ2) is 10.4. The van der Waals surface area contributed by atoms with Gasteiger partial charge >= 0.3 is 24.7 Å². The van der Waals surface area contributed by atoms with E-state index in [4.69, 9.17) is 0 Å². The van der Waals surface area contributed by atoms with Gasteiger partial charge in [-0.15, -0.1) is 0 Å². The summed E-state index contributed by atoms with van der Waals surface area (Å²) in [5.74, 6) is 0. The van der Waals surface area contributed by atoms with Gasteiger partial charge in [0.25, 0.3) is 0 Å². The van der Waals surface area contributed by atoms with E-state index in [0.717, 1.165) is 0 Å². The molecule has 5 aromatic rings. The molecule has 5 aromatic carbocycles. The van der Waals surface area contributed by atoms with Crippen molar-refractivity contribution in [1.29, 1.82) is 0 Å². The summed E-state index contributed by atoms with van der Waals surface area (Å²) < 4.78 is 169. The molecule has 0 nitrogen and oxygen atoms in total. The fourth-order valence-corrected chi connectivity index (χ4v) is 7.78. The van der Waals surface area contributed by atoms with E-state index in [-0.39, 0.29) is 47.1 Å². The van der Waals surface area contributed by atoms with E-state index in [2.05, 4.69) is 0 Å². The molecule has 0 radical (unpaired) electrons. The lowest BCUT2D eigenvalue weighted by Gasteiger charge is -2.28. The van der Waals surface area contributed by atoms with E-state index in [9.17, 15) is 52.7 Å². The van der Waals surface area contributed by atoms with E-state index in [1.165, 1.54) is 42.5 Å². The van der Waals surface area contributed by atoms with Gasteiger partial charge in [0.15, 0.2) is 0 Å². The average Bonchev–Trinajstić information content (AvgIpc) is 2.91. The zero-order valence-corrected chi connectivity index (χ0v) is 22.0. The lowest BCUT2D eigenvalue weighted by molar-refractivity contribution is -0.140. The summed E-state index contributed by atoms with van der Waals surface area (Å²) in [7, 11) is -3.36. The normalized spacial score (nSPS) is 13.3. The Balaban J connectivity index is 2.03. The number of rotatable bonds is 3. The molecule has 0 aliphatic carbocycles. The van der Waals surface area contributed by atoms with Gasteiger partial charge in [-0.2, -0.15) is 52.7 Å². The van der Waals surface area contributed by atoms with Gasteiger partial charge in [-0.05, 0) is 87.8 Å². The lowest BCUT2D eigenvalue weighted by atomic mass is 10.0. The molecular formula is C30H15F12P. The fourth-order valence-electron chi connectivity index (χ4n) is 4.87. The van der Waals surface area contributed by atoms with Crippen LogP contribution in [0.3, 0.4) is 0 Å². The highest BCUT2D eigenvalue weighted by Crippen LogP contribution is 2.47. The highest BCUT2D eigenvalue weighted by Gasteiger charge is 2.44. The van der Waals surface area contributed by atoms with Crippen molar-refractivity contribution >= 4 is 45.4 Å². The molecule has 0 N–H and O–H groups in total. The zero-order chi connectivity index (χ0) is 31.5. The Bertz CT molecular complexity index is 1750. The van der Waals surface area contributed by atoms with Crippen LogP contribution in [0.5, 0.6) is 0 Å². The molecule has 0 saturated carbocycles. The largest absolute Gasteiger partial charge is 0.417 e. The van der Waals surface area contributed by atoms with Gasteiger partial charge in [-0.1, -0.05) is 48.5 Å². The standard InChI is InChI=1S/C30H15F12P/c31-27(32,33)17-9-11-22(29(37,38)39)25(14-17)43(26-15-18(28(34,35)36)10-12-23(26)30(40,41)42)24-13-16-5-1-2-6-19(16)20-7-3-4-8-21(20)24/h1-15H. The molecule has 0 fully saturated rings.